The highest BCUT2D eigenvalue weighted by Gasteiger charge is 2.09. The van der Waals surface area contributed by atoms with Gasteiger partial charge in [0.2, 0.25) is 0 Å². The van der Waals surface area contributed by atoms with Gasteiger partial charge in [0, 0.05) is 9.50 Å². The summed E-state index contributed by atoms with van der Waals surface area (Å²) >= 11 is 9.19. The minimum absolute atomic E-state index is 0.492. The lowest BCUT2D eigenvalue weighted by Crippen LogP contribution is -1.80. The minimum atomic E-state index is 0.492. The van der Waals surface area contributed by atoms with Gasteiger partial charge in [0.1, 0.15) is 0 Å². The first-order chi connectivity index (χ1) is 6.66. The van der Waals surface area contributed by atoms with Crippen molar-refractivity contribution in [1.82, 2.24) is 10.1 Å². The summed E-state index contributed by atoms with van der Waals surface area (Å²) in [6, 6.07) is 5.40. The Hall–Kier alpha value is -0.870. The molecule has 5 heteroatoms. The van der Waals surface area contributed by atoms with Crippen LogP contribution >= 0.6 is 27.5 Å². The zero-order valence-electron chi connectivity index (χ0n) is 7.29. The zero-order chi connectivity index (χ0) is 10.1. The van der Waals surface area contributed by atoms with E-state index >= 15 is 0 Å². The second-order valence-electron chi connectivity index (χ2n) is 2.77. The molecule has 0 aliphatic heterocycles. The van der Waals surface area contributed by atoms with Crippen LogP contribution < -0.4 is 0 Å². The molecule has 1 aromatic heterocycles. The molecule has 72 valence electrons. The van der Waals surface area contributed by atoms with Crippen molar-refractivity contribution in [2.75, 3.05) is 0 Å². The van der Waals surface area contributed by atoms with Gasteiger partial charge in [-0.05, 0) is 41.1 Å². The highest BCUT2D eigenvalue weighted by atomic mass is 79.9. The Kier molecular flexibility index (Phi) is 2.56. The average Bonchev–Trinajstić information content (AvgIpc) is 2.51. The van der Waals surface area contributed by atoms with Crippen molar-refractivity contribution >= 4 is 27.5 Å². The summed E-state index contributed by atoms with van der Waals surface area (Å²) in [5.41, 5.74) is 0.843. The van der Waals surface area contributed by atoms with Crippen molar-refractivity contribution in [3.8, 4) is 11.5 Å². The maximum atomic E-state index is 5.81. The molecule has 0 aliphatic rings. The number of aromatic nitrogens is 2. The van der Waals surface area contributed by atoms with E-state index in [1.807, 2.05) is 6.07 Å². The van der Waals surface area contributed by atoms with Gasteiger partial charge >= 0.3 is 0 Å². The van der Waals surface area contributed by atoms with E-state index in [1.54, 1.807) is 19.1 Å². The maximum Gasteiger partial charge on any atom is 0.259 e. The van der Waals surface area contributed by atoms with Crippen LogP contribution in [0.4, 0.5) is 0 Å². The van der Waals surface area contributed by atoms with Crippen molar-refractivity contribution in [2.24, 2.45) is 0 Å². The quantitative estimate of drug-likeness (QED) is 0.798. The third-order valence-corrected chi connectivity index (χ3v) is 2.58. The number of hydrogen-bond donors (Lipinski definition) is 0. The fourth-order valence-corrected chi connectivity index (χ4v) is 1.92. The van der Waals surface area contributed by atoms with Crippen LogP contribution in [0.25, 0.3) is 11.5 Å². The van der Waals surface area contributed by atoms with Crippen molar-refractivity contribution < 1.29 is 4.52 Å². The fourth-order valence-electron chi connectivity index (χ4n) is 1.07. The first-order valence-corrected chi connectivity index (χ1v) is 5.09. The van der Waals surface area contributed by atoms with Gasteiger partial charge in [-0.3, -0.25) is 0 Å². The Morgan fingerprint density at radius 2 is 2.21 bits per heavy atom. The van der Waals surface area contributed by atoms with Gasteiger partial charge in [0.05, 0.1) is 5.56 Å². The van der Waals surface area contributed by atoms with E-state index in [0.29, 0.717) is 16.7 Å². The molecule has 3 nitrogen and oxygen atoms in total. The largest absolute Gasteiger partial charge is 0.334 e. The summed E-state index contributed by atoms with van der Waals surface area (Å²) < 4.78 is 5.88. The van der Waals surface area contributed by atoms with Crippen LogP contribution in [0.3, 0.4) is 0 Å². The van der Waals surface area contributed by atoms with E-state index in [-0.39, 0.29) is 0 Å². The predicted molar refractivity (Wildman–Crippen MR) is 57.2 cm³/mol. The van der Waals surface area contributed by atoms with Crippen LogP contribution in [0.15, 0.2) is 27.2 Å². The van der Waals surface area contributed by atoms with E-state index in [4.69, 9.17) is 16.1 Å². The normalized spacial score (nSPS) is 10.5. The zero-order valence-corrected chi connectivity index (χ0v) is 9.63. The van der Waals surface area contributed by atoms with E-state index in [9.17, 15) is 0 Å². The molecule has 0 unspecified atom stereocenters. The van der Waals surface area contributed by atoms with Gasteiger partial charge in [-0.1, -0.05) is 16.8 Å². The molecule has 0 saturated carbocycles. The molecule has 0 N–H and O–H groups in total. The molecule has 1 aromatic carbocycles. The Morgan fingerprint density at radius 1 is 1.43 bits per heavy atom. The summed E-state index contributed by atoms with van der Waals surface area (Å²) in [5.74, 6) is 1.10. The first-order valence-electron chi connectivity index (χ1n) is 3.92. The second-order valence-corrected chi connectivity index (χ2v) is 4.06. The lowest BCUT2D eigenvalue weighted by Gasteiger charge is -1.98. The molecule has 2 aromatic rings. The van der Waals surface area contributed by atoms with Gasteiger partial charge in [0.25, 0.3) is 5.89 Å². The molecule has 2 rings (SSSR count). The Bertz CT molecular complexity index is 470. The molecule has 0 saturated heterocycles. The minimum Gasteiger partial charge on any atom is -0.334 e. The van der Waals surface area contributed by atoms with Gasteiger partial charge in [-0.2, -0.15) is 4.98 Å². The van der Waals surface area contributed by atoms with Crippen LogP contribution in [0.2, 0.25) is 5.02 Å². The summed E-state index contributed by atoms with van der Waals surface area (Å²) in [4.78, 5) is 4.12. The number of halogens is 2. The highest BCUT2D eigenvalue weighted by Crippen LogP contribution is 2.29. The van der Waals surface area contributed by atoms with E-state index in [0.717, 1.165) is 10.0 Å². The van der Waals surface area contributed by atoms with E-state index in [2.05, 4.69) is 26.1 Å². The Balaban J connectivity index is 2.52. The van der Waals surface area contributed by atoms with Crippen molar-refractivity contribution in [3.05, 3.63) is 33.5 Å². The van der Waals surface area contributed by atoms with Gasteiger partial charge < -0.3 is 4.52 Å². The fraction of sp³-hybridized carbons (Fsp3) is 0.111. The highest BCUT2D eigenvalue weighted by molar-refractivity contribution is 9.10. The average molecular weight is 274 g/mol. The predicted octanol–water partition coefficient (Wildman–Crippen LogP) is 3.46. The second kappa shape index (κ2) is 3.71. The monoisotopic (exact) mass is 272 g/mol. The molecule has 0 atom stereocenters. The smallest absolute Gasteiger partial charge is 0.259 e. The molecule has 0 spiro atoms. The molecular formula is C9H6BrClN2O. The number of hydrogen-bond acceptors (Lipinski definition) is 3. The Labute approximate surface area is 94.2 Å². The van der Waals surface area contributed by atoms with Gasteiger partial charge in [-0.25, -0.2) is 0 Å². The molecule has 14 heavy (non-hydrogen) atoms. The SMILES string of the molecule is Cc1noc(-c2ccc(Cl)cc2Br)n1. The standard InChI is InChI=1S/C9H6BrClN2O/c1-5-12-9(14-13-5)7-3-2-6(11)4-8(7)10/h2-4H,1H3. The van der Waals surface area contributed by atoms with Crippen LogP contribution in [0, 0.1) is 6.92 Å². The number of nitrogens with zero attached hydrogens (tertiary/aromatic N) is 2. The van der Waals surface area contributed by atoms with Crippen LogP contribution in [0.5, 0.6) is 0 Å². The topological polar surface area (TPSA) is 38.9 Å². The van der Waals surface area contributed by atoms with Crippen LogP contribution in [-0.2, 0) is 0 Å². The summed E-state index contributed by atoms with van der Waals surface area (Å²) in [6.45, 7) is 1.77. The lowest BCUT2D eigenvalue weighted by atomic mass is 10.2. The van der Waals surface area contributed by atoms with Gasteiger partial charge in [-0.15, -0.1) is 0 Å². The molecule has 0 aliphatic carbocycles. The van der Waals surface area contributed by atoms with E-state index in [1.165, 1.54) is 0 Å². The molecule has 0 amide bonds. The third-order valence-electron chi connectivity index (χ3n) is 1.69. The summed E-state index contributed by atoms with van der Waals surface area (Å²) in [5, 5.41) is 4.38. The van der Waals surface area contributed by atoms with Crippen LogP contribution in [-0.4, -0.2) is 10.1 Å². The number of aryl methyl sites for hydroxylation is 1. The number of benzene rings is 1. The third kappa shape index (κ3) is 1.81. The maximum absolute atomic E-state index is 5.81. The number of rotatable bonds is 1. The van der Waals surface area contributed by atoms with Crippen molar-refractivity contribution in [1.29, 1.82) is 0 Å². The molecule has 0 radical (unpaired) electrons. The summed E-state index contributed by atoms with van der Waals surface area (Å²) in [6.07, 6.45) is 0. The van der Waals surface area contributed by atoms with Crippen LogP contribution in [0.1, 0.15) is 5.82 Å². The first kappa shape index (κ1) is 9.68. The summed E-state index contributed by atoms with van der Waals surface area (Å²) in [7, 11) is 0. The van der Waals surface area contributed by atoms with Crippen molar-refractivity contribution in [2.45, 2.75) is 6.92 Å². The molecular weight excluding hydrogens is 267 g/mol. The molecule has 0 bridgehead atoms. The molecule has 0 fully saturated rings. The molecule has 1 heterocycles. The van der Waals surface area contributed by atoms with Gasteiger partial charge in [0.15, 0.2) is 5.82 Å². The van der Waals surface area contributed by atoms with Crippen molar-refractivity contribution in [3.63, 3.8) is 0 Å². The lowest BCUT2D eigenvalue weighted by molar-refractivity contribution is 0.425. The van der Waals surface area contributed by atoms with E-state index < -0.39 is 0 Å². The Morgan fingerprint density at radius 3 is 2.79 bits per heavy atom.